The average Bonchev–Trinajstić information content (AvgIpc) is 2.59. The maximum atomic E-state index is 11.9. The normalized spacial score (nSPS) is 34.2. The van der Waals surface area contributed by atoms with E-state index < -0.39 is 9.84 Å². The molecule has 0 spiro atoms. The first-order valence-electron chi connectivity index (χ1n) is 5.83. The molecule has 17 heavy (non-hydrogen) atoms. The van der Waals surface area contributed by atoms with Gasteiger partial charge in [0.15, 0.2) is 9.84 Å². The summed E-state index contributed by atoms with van der Waals surface area (Å²) in [5, 5.41) is 0. The van der Waals surface area contributed by atoms with Crippen molar-refractivity contribution in [3.05, 3.63) is 0 Å². The van der Waals surface area contributed by atoms with E-state index in [9.17, 15) is 13.2 Å². The fraction of sp³-hybridized carbons (Fsp3) is 0.900. The Morgan fingerprint density at radius 2 is 2.18 bits per heavy atom. The quantitative estimate of drug-likeness (QED) is 0.639. The zero-order valence-corrected chi connectivity index (χ0v) is 10.8. The number of carbonyl (C=O) groups excluding carboxylic acids is 1. The summed E-state index contributed by atoms with van der Waals surface area (Å²) in [5.41, 5.74) is 5.66. The zero-order chi connectivity index (χ0) is 12.6. The molecule has 0 aromatic heterocycles. The van der Waals surface area contributed by atoms with Gasteiger partial charge in [0.1, 0.15) is 0 Å². The number of rotatable bonds is 2. The van der Waals surface area contributed by atoms with E-state index in [1.807, 2.05) is 11.9 Å². The first kappa shape index (κ1) is 12.8. The molecule has 0 aromatic carbocycles. The summed E-state index contributed by atoms with van der Waals surface area (Å²) in [6.07, 6.45) is 0.565. The van der Waals surface area contributed by atoms with Crippen molar-refractivity contribution in [1.29, 1.82) is 0 Å². The van der Waals surface area contributed by atoms with Crippen LogP contribution in [0.15, 0.2) is 0 Å². The summed E-state index contributed by atoms with van der Waals surface area (Å²) in [5.74, 6) is 0.323. The van der Waals surface area contributed by atoms with Crippen molar-refractivity contribution in [2.45, 2.75) is 18.5 Å². The van der Waals surface area contributed by atoms with Crippen LogP contribution in [0.3, 0.4) is 0 Å². The van der Waals surface area contributed by atoms with Gasteiger partial charge in [0.25, 0.3) is 0 Å². The lowest BCUT2D eigenvalue weighted by atomic mass is 10.1. The van der Waals surface area contributed by atoms with E-state index in [0.717, 1.165) is 0 Å². The Kier molecular flexibility index (Phi) is 3.42. The lowest BCUT2D eigenvalue weighted by Gasteiger charge is -2.41. The van der Waals surface area contributed by atoms with Crippen LogP contribution in [0.25, 0.3) is 0 Å². The molecule has 1 amide bonds. The van der Waals surface area contributed by atoms with Crippen LogP contribution >= 0.6 is 0 Å². The predicted octanol–water partition coefficient (Wildman–Crippen LogP) is -1.73. The Morgan fingerprint density at radius 1 is 1.47 bits per heavy atom. The molecule has 7 heteroatoms. The number of nitrogens with two attached hydrogens (primary N) is 1. The minimum atomic E-state index is -2.94. The third-order valence-electron chi connectivity index (χ3n) is 3.66. The van der Waals surface area contributed by atoms with Crippen LogP contribution in [0.5, 0.6) is 0 Å². The van der Waals surface area contributed by atoms with Gasteiger partial charge in [-0.3, -0.25) is 9.69 Å². The van der Waals surface area contributed by atoms with Crippen molar-refractivity contribution in [2.75, 3.05) is 38.2 Å². The van der Waals surface area contributed by atoms with E-state index in [1.165, 1.54) is 0 Å². The Bertz CT molecular complexity index is 409. The molecule has 2 rings (SSSR count). The zero-order valence-electron chi connectivity index (χ0n) is 10.0. The maximum Gasteiger partial charge on any atom is 0.237 e. The molecular weight excluding hydrogens is 242 g/mol. The lowest BCUT2D eigenvalue weighted by Crippen LogP contribution is -2.59. The molecule has 2 aliphatic heterocycles. The number of nitrogens with zero attached hydrogens (tertiary/aromatic N) is 2. The van der Waals surface area contributed by atoms with E-state index in [1.54, 1.807) is 4.90 Å². The number of hydrogen-bond donors (Lipinski definition) is 1. The minimum Gasteiger partial charge on any atom is -0.336 e. The van der Waals surface area contributed by atoms with Gasteiger partial charge in [-0.2, -0.15) is 0 Å². The summed E-state index contributed by atoms with van der Waals surface area (Å²) in [6.45, 7) is 1.37. The Hall–Kier alpha value is -0.660. The standard InChI is InChI=1S/C10H19N3O3S/c1-12-6-10(14)13(5-9(12)4-11)8-2-3-17(15,16)7-8/h8-9H,2-7,11H2,1H3. The molecule has 0 saturated carbocycles. The molecular formula is C10H19N3O3S. The minimum absolute atomic E-state index is 0.0132. The number of carbonyl (C=O) groups is 1. The number of likely N-dealkylation sites (N-methyl/N-ethyl adjacent to an activating group) is 1. The smallest absolute Gasteiger partial charge is 0.237 e. The van der Waals surface area contributed by atoms with Gasteiger partial charge in [-0.05, 0) is 13.5 Å². The van der Waals surface area contributed by atoms with E-state index in [-0.39, 0.29) is 29.5 Å². The topological polar surface area (TPSA) is 83.7 Å². The summed E-state index contributed by atoms with van der Waals surface area (Å²) in [4.78, 5) is 15.6. The molecule has 0 radical (unpaired) electrons. The number of sulfone groups is 1. The van der Waals surface area contributed by atoms with Crippen LogP contribution < -0.4 is 5.73 Å². The number of hydrogen-bond acceptors (Lipinski definition) is 5. The number of piperazine rings is 1. The number of amides is 1. The van der Waals surface area contributed by atoms with Crippen molar-refractivity contribution in [3.8, 4) is 0 Å². The fourth-order valence-electron chi connectivity index (χ4n) is 2.53. The van der Waals surface area contributed by atoms with Crippen LogP contribution in [0, 0.1) is 0 Å². The molecule has 2 atom stereocenters. The highest BCUT2D eigenvalue weighted by molar-refractivity contribution is 7.91. The Morgan fingerprint density at radius 3 is 2.71 bits per heavy atom. The van der Waals surface area contributed by atoms with Crippen molar-refractivity contribution in [1.82, 2.24) is 9.80 Å². The molecule has 2 heterocycles. The molecule has 6 nitrogen and oxygen atoms in total. The van der Waals surface area contributed by atoms with Crippen LogP contribution in [-0.2, 0) is 14.6 Å². The molecule has 98 valence electrons. The van der Waals surface area contributed by atoms with Gasteiger partial charge in [-0.25, -0.2) is 8.42 Å². The van der Waals surface area contributed by atoms with Crippen LogP contribution in [0.2, 0.25) is 0 Å². The van der Waals surface area contributed by atoms with Gasteiger partial charge in [-0.1, -0.05) is 0 Å². The second-order valence-corrected chi connectivity index (χ2v) is 7.14. The summed E-state index contributed by atoms with van der Waals surface area (Å²) < 4.78 is 22.9. The molecule has 2 aliphatic rings. The first-order valence-corrected chi connectivity index (χ1v) is 7.65. The highest BCUT2D eigenvalue weighted by Crippen LogP contribution is 2.21. The fourth-order valence-corrected chi connectivity index (χ4v) is 4.26. The molecule has 0 bridgehead atoms. The largest absolute Gasteiger partial charge is 0.336 e. The van der Waals surface area contributed by atoms with Gasteiger partial charge in [-0.15, -0.1) is 0 Å². The Balaban J connectivity index is 2.08. The molecule has 0 aromatic rings. The van der Waals surface area contributed by atoms with Gasteiger partial charge < -0.3 is 10.6 Å². The van der Waals surface area contributed by atoms with Crippen molar-refractivity contribution >= 4 is 15.7 Å². The van der Waals surface area contributed by atoms with Crippen LogP contribution in [0.4, 0.5) is 0 Å². The first-order chi connectivity index (χ1) is 7.93. The van der Waals surface area contributed by atoms with Crippen LogP contribution in [-0.4, -0.2) is 74.4 Å². The van der Waals surface area contributed by atoms with Gasteiger partial charge in [0.2, 0.25) is 5.91 Å². The molecule has 2 saturated heterocycles. The molecule has 2 fully saturated rings. The second kappa shape index (κ2) is 4.55. The summed E-state index contributed by atoms with van der Waals surface area (Å²) >= 11 is 0. The highest BCUT2D eigenvalue weighted by atomic mass is 32.2. The van der Waals surface area contributed by atoms with E-state index in [0.29, 0.717) is 26.1 Å². The molecule has 2 unspecified atom stereocenters. The van der Waals surface area contributed by atoms with Gasteiger partial charge >= 0.3 is 0 Å². The van der Waals surface area contributed by atoms with Crippen LogP contribution in [0.1, 0.15) is 6.42 Å². The summed E-state index contributed by atoms with van der Waals surface area (Å²) in [6, 6.07) is -0.00810. The third-order valence-corrected chi connectivity index (χ3v) is 5.41. The third kappa shape index (κ3) is 2.61. The molecule has 0 aliphatic carbocycles. The monoisotopic (exact) mass is 261 g/mol. The van der Waals surface area contributed by atoms with E-state index in [2.05, 4.69) is 0 Å². The maximum absolute atomic E-state index is 11.9. The summed E-state index contributed by atoms with van der Waals surface area (Å²) in [7, 11) is -1.07. The van der Waals surface area contributed by atoms with Crippen molar-refractivity contribution < 1.29 is 13.2 Å². The second-order valence-electron chi connectivity index (χ2n) is 4.91. The van der Waals surface area contributed by atoms with Crippen molar-refractivity contribution in [3.63, 3.8) is 0 Å². The van der Waals surface area contributed by atoms with Gasteiger partial charge in [0, 0.05) is 25.2 Å². The average molecular weight is 261 g/mol. The molecule has 2 N–H and O–H groups in total. The van der Waals surface area contributed by atoms with Gasteiger partial charge in [0.05, 0.1) is 18.1 Å². The van der Waals surface area contributed by atoms with E-state index in [4.69, 9.17) is 5.73 Å². The van der Waals surface area contributed by atoms with E-state index >= 15 is 0 Å². The predicted molar refractivity (Wildman–Crippen MR) is 64.2 cm³/mol. The highest BCUT2D eigenvalue weighted by Gasteiger charge is 2.38. The SMILES string of the molecule is CN1CC(=O)N(C2CCS(=O)(=O)C2)CC1CN. The lowest BCUT2D eigenvalue weighted by molar-refractivity contribution is -0.139. The van der Waals surface area contributed by atoms with Crippen molar-refractivity contribution in [2.24, 2.45) is 5.73 Å². The Labute approximate surface area is 102 Å².